The Hall–Kier alpha value is -0.600. The number of fused-ring (bicyclic) bond motifs is 2. The highest BCUT2D eigenvalue weighted by Crippen LogP contribution is 2.41. The third-order valence-electron chi connectivity index (χ3n) is 4.11. The first-order chi connectivity index (χ1) is 7.83. The zero-order valence-corrected chi connectivity index (χ0v) is 10.1. The Balaban J connectivity index is 1.81. The maximum Gasteiger partial charge on any atom is 0.129 e. The number of pyridine rings is 1. The van der Waals surface area contributed by atoms with E-state index in [4.69, 9.17) is 11.6 Å². The summed E-state index contributed by atoms with van der Waals surface area (Å²) in [6.07, 6.45) is 6.03. The molecule has 2 bridgehead atoms. The van der Waals surface area contributed by atoms with E-state index in [2.05, 4.69) is 16.4 Å². The van der Waals surface area contributed by atoms with Gasteiger partial charge in [-0.15, -0.1) is 0 Å². The van der Waals surface area contributed by atoms with Crippen LogP contribution in [0.4, 0.5) is 0 Å². The molecule has 2 aliphatic rings. The number of aromatic nitrogens is 1. The lowest BCUT2D eigenvalue weighted by Gasteiger charge is -2.40. The van der Waals surface area contributed by atoms with Crippen LogP contribution < -0.4 is 5.32 Å². The molecule has 1 saturated heterocycles. The van der Waals surface area contributed by atoms with E-state index in [0.717, 1.165) is 11.8 Å². The Morgan fingerprint density at radius 3 is 3.00 bits per heavy atom. The van der Waals surface area contributed by atoms with E-state index in [1.54, 1.807) is 0 Å². The fourth-order valence-corrected chi connectivity index (χ4v) is 3.40. The number of nitrogens with one attached hydrogen (secondary N) is 1. The van der Waals surface area contributed by atoms with Crippen LogP contribution in [-0.4, -0.2) is 18.1 Å². The fraction of sp³-hybridized carbons (Fsp3) is 0.615. The number of nitrogens with zero attached hydrogens (tertiary/aromatic N) is 1. The molecule has 0 radical (unpaired) electrons. The standard InChI is InChI=1S/C13H17ClN2/c14-13-4-2-10(8-16-13)12-3-1-9-5-11(12)7-15-6-9/h2,4,8-9,11-12,15H,1,3,5-7H2. The van der Waals surface area contributed by atoms with Gasteiger partial charge in [0.2, 0.25) is 0 Å². The minimum absolute atomic E-state index is 0.596. The number of piperidine rings is 1. The molecule has 1 N–H and O–H groups in total. The summed E-state index contributed by atoms with van der Waals surface area (Å²) in [5.41, 5.74) is 1.37. The predicted molar refractivity (Wildman–Crippen MR) is 65.7 cm³/mol. The van der Waals surface area contributed by atoms with E-state index in [0.29, 0.717) is 11.1 Å². The first-order valence-electron chi connectivity index (χ1n) is 6.15. The molecule has 3 heteroatoms. The van der Waals surface area contributed by atoms with Crippen molar-refractivity contribution in [1.29, 1.82) is 0 Å². The van der Waals surface area contributed by atoms with Crippen molar-refractivity contribution in [3.8, 4) is 0 Å². The van der Waals surface area contributed by atoms with Gasteiger partial charge in [-0.05, 0) is 61.7 Å². The van der Waals surface area contributed by atoms with Crippen LogP contribution in [0, 0.1) is 11.8 Å². The number of hydrogen-bond donors (Lipinski definition) is 1. The van der Waals surface area contributed by atoms with E-state index in [-0.39, 0.29) is 0 Å². The van der Waals surface area contributed by atoms with Crippen LogP contribution in [0.25, 0.3) is 0 Å². The number of halogens is 1. The molecule has 2 nitrogen and oxygen atoms in total. The predicted octanol–water partition coefficient (Wildman–Crippen LogP) is 2.84. The van der Waals surface area contributed by atoms with Crippen molar-refractivity contribution in [2.24, 2.45) is 11.8 Å². The number of rotatable bonds is 1. The molecule has 86 valence electrons. The van der Waals surface area contributed by atoms with Crippen LogP contribution in [0.2, 0.25) is 5.15 Å². The largest absolute Gasteiger partial charge is 0.316 e. The van der Waals surface area contributed by atoms with Crippen molar-refractivity contribution in [2.75, 3.05) is 13.1 Å². The van der Waals surface area contributed by atoms with Gasteiger partial charge in [-0.3, -0.25) is 0 Å². The fourth-order valence-electron chi connectivity index (χ4n) is 3.29. The van der Waals surface area contributed by atoms with E-state index >= 15 is 0 Å². The average molecular weight is 237 g/mol. The molecule has 1 aromatic rings. The monoisotopic (exact) mass is 236 g/mol. The zero-order chi connectivity index (χ0) is 11.0. The molecule has 0 spiro atoms. The summed E-state index contributed by atoms with van der Waals surface area (Å²) in [4.78, 5) is 4.21. The van der Waals surface area contributed by atoms with Crippen LogP contribution >= 0.6 is 11.6 Å². The molecule has 3 rings (SSSR count). The van der Waals surface area contributed by atoms with Gasteiger partial charge in [-0.1, -0.05) is 17.7 Å². The van der Waals surface area contributed by atoms with E-state index in [9.17, 15) is 0 Å². The minimum atomic E-state index is 0.596. The molecule has 1 aliphatic carbocycles. The average Bonchev–Trinajstić information content (AvgIpc) is 2.31. The third kappa shape index (κ3) is 1.96. The van der Waals surface area contributed by atoms with E-state index in [1.165, 1.54) is 37.9 Å². The summed E-state index contributed by atoms with van der Waals surface area (Å²) in [6, 6.07) is 4.06. The smallest absolute Gasteiger partial charge is 0.129 e. The maximum absolute atomic E-state index is 5.83. The SMILES string of the molecule is Clc1ccc(C2CCC3CNCC2C3)cn1. The van der Waals surface area contributed by atoms with Crippen LogP contribution in [0.5, 0.6) is 0 Å². The van der Waals surface area contributed by atoms with Gasteiger partial charge in [-0.25, -0.2) is 4.98 Å². The van der Waals surface area contributed by atoms with Crippen molar-refractivity contribution < 1.29 is 0 Å². The Morgan fingerprint density at radius 1 is 1.25 bits per heavy atom. The van der Waals surface area contributed by atoms with Crippen LogP contribution in [0.1, 0.15) is 30.7 Å². The summed E-state index contributed by atoms with van der Waals surface area (Å²) in [7, 11) is 0. The summed E-state index contributed by atoms with van der Waals surface area (Å²) < 4.78 is 0. The lowest BCUT2D eigenvalue weighted by atomic mass is 9.70. The van der Waals surface area contributed by atoms with Gasteiger partial charge in [-0.2, -0.15) is 0 Å². The van der Waals surface area contributed by atoms with Crippen LogP contribution in [-0.2, 0) is 0 Å². The molecule has 2 fully saturated rings. The lowest BCUT2D eigenvalue weighted by molar-refractivity contribution is 0.180. The Morgan fingerprint density at radius 2 is 2.19 bits per heavy atom. The van der Waals surface area contributed by atoms with E-state index < -0.39 is 0 Å². The van der Waals surface area contributed by atoms with Gasteiger partial charge in [0, 0.05) is 6.20 Å². The molecule has 16 heavy (non-hydrogen) atoms. The summed E-state index contributed by atoms with van der Waals surface area (Å²) in [5, 5.41) is 4.15. The topological polar surface area (TPSA) is 24.9 Å². The highest BCUT2D eigenvalue weighted by Gasteiger charge is 2.33. The van der Waals surface area contributed by atoms with Gasteiger partial charge in [0.25, 0.3) is 0 Å². The second kappa shape index (κ2) is 4.34. The third-order valence-corrected chi connectivity index (χ3v) is 4.33. The maximum atomic E-state index is 5.83. The molecular weight excluding hydrogens is 220 g/mol. The quantitative estimate of drug-likeness (QED) is 0.759. The van der Waals surface area contributed by atoms with Crippen molar-refractivity contribution in [3.63, 3.8) is 0 Å². The van der Waals surface area contributed by atoms with Crippen LogP contribution in [0.15, 0.2) is 18.3 Å². The van der Waals surface area contributed by atoms with Gasteiger partial charge < -0.3 is 5.32 Å². The second-order valence-corrected chi connectivity index (χ2v) is 5.51. The number of hydrogen-bond acceptors (Lipinski definition) is 2. The molecule has 0 amide bonds. The zero-order valence-electron chi connectivity index (χ0n) is 9.32. The van der Waals surface area contributed by atoms with Crippen molar-refractivity contribution >= 4 is 11.6 Å². The van der Waals surface area contributed by atoms with Crippen molar-refractivity contribution in [2.45, 2.75) is 25.2 Å². The lowest BCUT2D eigenvalue weighted by Crippen LogP contribution is -2.42. The van der Waals surface area contributed by atoms with Crippen molar-refractivity contribution in [3.05, 3.63) is 29.0 Å². The summed E-state index contributed by atoms with van der Waals surface area (Å²) >= 11 is 5.83. The van der Waals surface area contributed by atoms with Crippen molar-refractivity contribution in [1.82, 2.24) is 10.3 Å². The summed E-state index contributed by atoms with van der Waals surface area (Å²) in [6.45, 7) is 2.39. The molecular formula is C13H17ClN2. The molecule has 3 atom stereocenters. The van der Waals surface area contributed by atoms with Gasteiger partial charge in [0.1, 0.15) is 5.15 Å². The molecule has 1 saturated carbocycles. The highest BCUT2D eigenvalue weighted by molar-refractivity contribution is 6.29. The highest BCUT2D eigenvalue weighted by atomic mass is 35.5. The molecule has 3 unspecified atom stereocenters. The van der Waals surface area contributed by atoms with Crippen LogP contribution in [0.3, 0.4) is 0 Å². The second-order valence-electron chi connectivity index (χ2n) is 5.12. The van der Waals surface area contributed by atoms with E-state index in [1.807, 2.05) is 12.3 Å². The molecule has 1 aromatic heterocycles. The van der Waals surface area contributed by atoms with Gasteiger partial charge >= 0.3 is 0 Å². The first kappa shape index (κ1) is 10.5. The Kier molecular flexibility index (Phi) is 2.86. The molecule has 1 aliphatic heterocycles. The van der Waals surface area contributed by atoms with Gasteiger partial charge in [0.15, 0.2) is 0 Å². The van der Waals surface area contributed by atoms with Gasteiger partial charge in [0.05, 0.1) is 0 Å². The Bertz CT molecular complexity index is 363. The minimum Gasteiger partial charge on any atom is -0.316 e. The normalized spacial score (nSPS) is 33.7. The Labute approximate surface area is 101 Å². The molecule has 0 aromatic carbocycles. The first-order valence-corrected chi connectivity index (χ1v) is 6.53. The summed E-state index contributed by atoms with van der Waals surface area (Å²) in [5.74, 6) is 2.40. The molecule has 2 heterocycles.